The van der Waals surface area contributed by atoms with Crippen molar-refractivity contribution in [2.45, 2.75) is 232 Å². The SMILES string of the molecule is C=C(C)C(=O)OC1C=CC(OCC)(C(C)(C)C2(OCC)C=CC(OC(=O)C(=C)C)C(OCC)(OCC)C2(OCC)OCC)C(OCC)(OCC)C1(OCC)OCC.C=C(C)C(=O)Oc1c(OCC)c(OCC)c(C(C)(C)c2c(OCC)c(OCC)c(OC(=O)C(=C)C)c(OCC)c2OCC)c(OCC)c1OCC. The van der Waals surface area contributed by atoms with Crippen LogP contribution in [0.3, 0.4) is 0 Å². The van der Waals surface area contributed by atoms with Gasteiger partial charge in [-0.1, -0.05) is 54.0 Å². The summed E-state index contributed by atoms with van der Waals surface area (Å²) < 4.78 is 143. The fourth-order valence-corrected chi connectivity index (χ4v) is 13.8. The summed E-state index contributed by atoms with van der Waals surface area (Å²) in [4.78, 5) is 52.8. The standard InChI is InChI=1S/C43H72O14.C39H56O12/c1-17-46-38(29-27-33(56-35(44)31(11)12)40(48-19-3,49-20-4)42(38,52-23-7)53-24-8)37(15,16)39(47-18-2)30-28-34(57-36(45)32(13)14)41(50-21-5,51-22-6)43(39,54-25-9)55-26-10;1-15-42-27-25(28(43-16-2)32(47-20-6)35(31(27)46-19-5)50-37(40)23(9)10)39(13,14)26-29(44-17-3)33(48-21-7)36(51-38(41)24(11)12)34(49-22-8)30(26)45-18-4/h27-30,33-34H,11,13,17-26H2,1-10,12,14-16H3;9,11,15-22H2,1-8,10,12-14H3. The summed E-state index contributed by atoms with van der Waals surface area (Å²) in [5, 5.41) is 0. The molecule has 0 bridgehead atoms. The summed E-state index contributed by atoms with van der Waals surface area (Å²) in [6.45, 7) is 63.8. The van der Waals surface area contributed by atoms with E-state index >= 15 is 0 Å². The van der Waals surface area contributed by atoms with Gasteiger partial charge in [-0.2, -0.15) is 0 Å². The molecular formula is C82H128O26. The predicted octanol–water partition coefficient (Wildman–Crippen LogP) is 14.9. The van der Waals surface area contributed by atoms with E-state index in [-0.39, 0.29) is 199 Å². The molecule has 0 saturated heterocycles. The highest BCUT2D eigenvalue weighted by Crippen LogP contribution is 2.68. The van der Waals surface area contributed by atoms with Crippen LogP contribution in [-0.4, -0.2) is 189 Å². The summed E-state index contributed by atoms with van der Waals surface area (Å²) >= 11 is 0. The van der Waals surface area contributed by atoms with Crippen LogP contribution >= 0.6 is 0 Å². The Morgan fingerprint density at radius 2 is 0.519 bits per heavy atom. The lowest BCUT2D eigenvalue weighted by atomic mass is 9.52. The summed E-state index contributed by atoms with van der Waals surface area (Å²) in [7, 11) is 0. The van der Waals surface area contributed by atoms with Gasteiger partial charge in [0.25, 0.3) is 23.1 Å². The Hall–Kier alpha value is -7.24. The molecule has 0 aromatic heterocycles. The van der Waals surface area contributed by atoms with E-state index in [4.69, 9.17) is 104 Å². The van der Waals surface area contributed by atoms with Crippen molar-refractivity contribution in [3.8, 4) is 57.5 Å². The Bertz CT molecular complexity index is 3080. The van der Waals surface area contributed by atoms with Gasteiger partial charge in [0.1, 0.15) is 0 Å². The first-order valence-electron chi connectivity index (χ1n) is 38.0. The highest BCUT2D eigenvalue weighted by atomic mass is 16.8. The van der Waals surface area contributed by atoms with E-state index in [1.807, 2.05) is 69.2 Å². The number of carbonyl (C=O) groups excluding carboxylic acids is 4. The van der Waals surface area contributed by atoms with Crippen molar-refractivity contribution in [3.63, 3.8) is 0 Å². The minimum Gasteiger partial charge on any atom is -0.489 e. The van der Waals surface area contributed by atoms with Crippen molar-refractivity contribution in [2.24, 2.45) is 5.41 Å². The lowest BCUT2D eigenvalue weighted by Crippen LogP contribution is -2.88. The molecule has 2 aromatic carbocycles. The number of hydrogen-bond acceptors (Lipinski definition) is 26. The molecular weight excluding hydrogens is 1400 g/mol. The van der Waals surface area contributed by atoms with E-state index in [0.29, 0.717) is 11.1 Å². The first-order valence-corrected chi connectivity index (χ1v) is 38.0. The molecule has 0 fully saturated rings. The third-order valence-corrected chi connectivity index (χ3v) is 17.5. The maximum absolute atomic E-state index is 13.4. The van der Waals surface area contributed by atoms with E-state index in [9.17, 15) is 19.2 Å². The number of hydrogen-bond donors (Lipinski definition) is 0. The monoisotopic (exact) mass is 1530 g/mol. The fourth-order valence-electron chi connectivity index (χ4n) is 13.8. The highest BCUT2D eigenvalue weighted by molar-refractivity contribution is 5.92. The van der Waals surface area contributed by atoms with Crippen LogP contribution in [0.25, 0.3) is 0 Å². The Labute approximate surface area is 642 Å². The number of benzene rings is 2. The topological polar surface area (TPSA) is 271 Å². The van der Waals surface area contributed by atoms with Crippen LogP contribution in [0.15, 0.2) is 72.9 Å². The largest absolute Gasteiger partial charge is 0.489 e. The third kappa shape index (κ3) is 18.4. The van der Waals surface area contributed by atoms with Gasteiger partial charge in [-0.05, 0) is 177 Å². The molecule has 0 N–H and O–H groups in total. The van der Waals surface area contributed by atoms with Gasteiger partial charge in [0, 0.05) is 99.2 Å². The third-order valence-electron chi connectivity index (χ3n) is 17.5. The lowest BCUT2D eigenvalue weighted by Gasteiger charge is -2.69. The molecule has 4 rings (SSSR count). The van der Waals surface area contributed by atoms with E-state index in [0.717, 1.165) is 0 Å². The van der Waals surface area contributed by atoms with Crippen molar-refractivity contribution in [2.75, 3.05) is 119 Å². The van der Waals surface area contributed by atoms with Crippen molar-refractivity contribution in [3.05, 3.63) is 84.0 Å². The van der Waals surface area contributed by atoms with E-state index < -0.39 is 81.3 Å². The van der Waals surface area contributed by atoms with Crippen molar-refractivity contribution in [1.82, 2.24) is 0 Å². The normalized spacial score (nSPS) is 18.8. The van der Waals surface area contributed by atoms with Crippen LogP contribution in [0.2, 0.25) is 0 Å². The van der Waals surface area contributed by atoms with Crippen molar-refractivity contribution < 1.29 is 123 Å². The molecule has 0 saturated carbocycles. The minimum absolute atomic E-state index is 0.0136. The Morgan fingerprint density at radius 1 is 0.306 bits per heavy atom. The maximum atomic E-state index is 13.4. The zero-order valence-corrected chi connectivity index (χ0v) is 69.6. The quantitative estimate of drug-likeness (QED) is 0.0196. The summed E-state index contributed by atoms with van der Waals surface area (Å²) in [6, 6.07) is 0. The molecule has 612 valence electrons. The van der Waals surface area contributed by atoms with Gasteiger partial charge in [0.2, 0.25) is 34.5 Å². The molecule has 4 atom stereocenters. The number of carbonyl (C=O) groups is 4. The van der Waals surface area contributed by atoms with Crippen LogP contribution in [0.4, 0.5) is 0 Å². The molecule has 108 heavy (non-hydrogen) atoms. The van der Waals surface area contributed by atoms with E-state index in [1.54, 1.807) is 135 Å². The average Bonchev–Trinajstić information content (AvgIpc) is 0.654. The summed E-state index contributed by atoms with van der Waals surface area (Å²) in [5.74, 6) is -9.52. The van der Waals surface area contributed by atoms with Gasteiger partial charge >= 0.3 is 23.9 Å². The van der Waals surface area contributed by atoms with Crippen LogP contribution in [-0.2, 0) is 81.4 Å². The molecule has 4 unspecified atom stereocenters. The van der Waals surface area contributed by atoms with Gasteiger partial charge in [-0.15, -0.1) is 0 Å². The fraction of sp³-hybridized carbons (Fsp3) is 0.659. The van der Waals surface area contributed by atoms with Gasteiger partial charge < -0.3 is 104 Å². The summed E-state index contributed by atoms with van der Waals surface area (Å²) in [5.41, 5.74) is -4.74. The Kier molecular flexibility index (Phi) is 37.6. The van der Waals surface area contributed by atoms with E-state index in [1.165, 1.54) is 0 Å². The number of ether oxygens (including phenoxy) is 22. The van der Waals surface area contributed by atoms with Gasteiger partial charge in [0.05, 0.1) is 64.0 Å². The highest BCUT2D eigenvalue weighted by Gasteiger charge is 2.86. The first-order chi connectivity index (χ1) is 51.2. The molecule has 0 spiro atoms. The molecule has 0 aliphatic heterocycles. The molecule has 26 nitrogen and oxygen atoms in total. The average molecular weight is 1530 g/mol. The van der Waals surface area contributed by atoms with Gasteiger partial charge in [0.15, 0.2) is 46.4 Å². The number of esters is 4. The number of rotatable bonds is 48. The zero-order chi connectivity index (χ0) is 81.8. The van der Waals surface area contributed by atoms with Crippen molar-refractivity contribution in [1.29, 1.82) is 0 Å². The molecule has 2 aliphatic rings. The second kappa shape index (κ2) is 42.8. The van der Waals surface area contributed by atoms with E-state index in [2.05, 4.69) is 26.3 Å². The van der Waals surface area contributed by atoms with Crippen LogP contribution in [0.5, 0.6) is 57.5 Å². The summed E-state index contributed by atoms with van der Waals surface area (Å²) in [6.07, 6.45) is 4.34. The Morgan fingerprint density at radius 3 is 0.713 bits per heavy atom. The van der Waals surface area contributed by atoms with Gasteiger partial charge in [-0.3, -0.25) is 0 Å². The van der Waals surface area contributed by atoms with Crippen LogP contribution in [0, 0.1) is 5.41 Å². The second-order valence-electron chi connectivity index (χ2n) is 25.4. The first kappa shape index (κ1) is 95.0. The molecule has 0 radical (unpaired) electrons. The van der Waals surface area contributed by atoms with Crippen LogP contribution in [0.1, 0.15) is 191 Å². The molecule has 26 heteroatoms. The van der Waals surface area contributed by atoms with Crippen molar-refractivity contribution >= 4 is 23.9 Å². The maximum Gasteiger partial charge on any atom is 0.338 e. The predicted molar refractivity (Wildman–Crippen MR) is 409 cm³/mol. The molecule has 2 aromatic rings. The Balaban J connectivity index is 0.000000564. The van der Waals surface area contributed by atoms with Gasteiger partial charge in [-0.25, -0.2) is 19.2 Å². The zero-order valence-electron chi connectivity index (χ0n) is 69.6. The molecule has 0 amide bonds. The smallest absolute Gasteiger partial charge is 0.338 e. The minimum atomic E-state index is -2.09. The second-order valence-corrected chi connectivity index (χ2v) is 25.4. The van der Waals surface area contributed by atoms with Crippen LogP contribution < -0.4 is 47.4 Å². The molecule has 2 aliphatic carbocycles. The lowest BCUT2D eigenvalue weighted by molar-refractivity contribution is -0.505. The molecule has 0 heterocycles.